The van der Waals surface area contributed by atoms with Gasteiger partial charge in [-0.25, -0.2) is 4.79 Å². The average molecular weight is 346 g/mol. The molecular weight excluding hydrogens is 320 g/mol. The van der Waals surface area contributed by atoms with Crippen LogP contribution in [0.15, 0.2) is 34.9 Å². The Hall–Kier alpha value is -2.41. The first-order chi connectivity index (χ1) is 11.9. The van der Waals surface area contributed by atoms with Gasteiger partial charge in [0.05, 0.1) is 6.04 Å². The summed E-state index contributed by atoms with van der Waals surface area (Å²) in [5.41, 5.74) is 0.716. The molecule has 0 aliphatic heterocycles. The summed E-state index contributed by atoms with van der Waals surface area (Å²) in [5, 5.41) is 18.7. The van der Waals surface area contributed by atoms with Gasteiger partial charge in [-0.15, -0.1) is 0 Å². The molecule has 1 heterocycles. The molecule has 1 atom stereocenters. The van der Waals surface area contributed by atoms with Crippen LogP contribution in [0.1, 0.15) is 45.5 Å². The van der Waals surface area contributed by atoms with Crippen LogP contribution in [0.2, 0.25) is 0 Å². The molecular formula is C18H26N4O3. The van der Waals surface area contributed by atoms with Gasteiger partial charge in [0.25, 0.3) is 5.89 Å². The standard InChI is InChI=1S/C18H26N4O3/c1-13(20-17(24)19-11-7-10-18(2,3)12-23)15-21-16(25-22-15)14-8-5-4-6-9-14/h4-6,8-9,13,23H,7,10-12H2,1-3H3,(H2,19,20,24). The molecule has 1 aromatic heterocycles. The summed E-state index contributed by atoms with van der Waals surface area (Å²) < 4.78 is 5.25. The number of hydrogen-bond acceptors (Lipinski definition) is 5. The minimum absolute atomic E-state index is 0.121. The number of carbonyl (C=O) groups is 1. The highest BCUT2D eigenvalue weighted by Gasteiger charge is 2.18. The smallest absolute Gasteiger partial charge is 0.315 e. The summed E-state index contributed by atoms with van der Waals surface area (Å²) >= 11 is 0. The molecule has 7 nitrogen and oxygen atoms in total. The van der Waals surface area contributed by atoms with Gasteiger partial charge in [0, 0.05) is 18.7 Å². The van der Waals surface area contributed by atoms with Crippen molar-refractivity contribution in [1.29, 1.82) is 0 Å². The summed E-state index contributed by atoms with van der Waals surface area (Å²) in [6, 6.07) is 8.83. The normalized spacial score (nSPS) is 12.6. The number of aromatic nitrogens is 2. The van der Waals surface area contributed by atoms with E-state index < -0.39 is 0 Å². The van der Waals surface area contributed by atoms with Crippen LogP contribution in [-0.2, 0) is 0 Å². The molecule has 0 spiro atoms. The molecule has 0 aliphatic rings. The van der Waals surface area contributed by atoms with Crippen molar-refractivity contribution in [2.75, 3.05) is 13.2 Å². The molecule has 0 fully saturated rings. The van der Waals surface area contributed by atoms with Crippen molar-refractivity contribution >= 4 is 6.03 Å². The lowest BCUT2D eigenvalue weighted by atomic mass is 9.89. The largest absolute Gasteiger partial charge is 0.396 e. The van der Waals surface area contributed by atoms with Crippen LogP contribution in [-0.4, -0.2) is 34.4 Å². The van der Waals surface area contributed by atoms with Crippen molar-refractivity contribution in [3.8, 4) is 11.5 Å². The molecule has 1 aromatic carbocycles. The predicted molar refractivity (Wildman–Crippen MR) is 94.8 cm³/mol. The number of nitrogens with one attached hydrogen (secondary N) is 2. The van der Waals surface area contributed by atoms with Crippen molar-refractivity contribution in [1.82, 2.24) is 20.8 Å². The summed E-state index contributed by atoms with van der Waals surface area (Å²) in [4.78, 5) is 16.3. The predicted octanol–water partition coefficient (Wildman–Crippen LogP) is 2.90. The van der Waals surface area contributed by atoms with Crippen LogP contribution in [0.3, 0.4) is 0 Å². The highest BCUT2D eigenvalue weighted by Crippen LogP contribution is 2.20. The number of urea groups is 1. The lowest BCUT2D eigenvalue weighted by Crippen LogP contribution is -2.38. The highest BCUT2D eigenvalue weighted by molar-refractivity contribution is 5.74. The molecule has 1 unspecified atom stereocenters. The van der Waals surface area contributed by atoms with Crippen LogP contribution in [0.25, 0.3) is 11.5 Å². The second kappa shape index (κ2) is 8.62. The summed E-state index contributed by atoms with van der Waals surface area (Å²) in [6.07, 6.45) is 1.64. The van der Waals surface area contributed by atoms with Gasteiger partial charge in [-0.05, 0) is 37.3 Å². The average Bonchev–Trinajstić information content (AvgIpc) is 3.10. The first kappa shape index (κ1) is 18.9. The third kappa shape index (κ3) is 5.86. The Morgan fingerprint density at radius 1 is 1.32 bits per heavy atom. The number of amides is 2. The van der Waals surface area contributed by atoms with Gasteiger partial charge in [-0.3, -0.25) is 0 Å². The number of rotatable bonds is 8. The fourth-order valence-corrected chi connectivity index (χ4v) is 2.27. The molecule has 0 saturated heterocycles. The summed E-state index contributed by atoms with van der Waals surface area (Å²) in [7, 11) is 0. The van der Waals surface area contributed by atoms with E-state index in [1.165, 1.54) is 0 Å². The minimum atomic E-state index is -0.366. The molecule has 0 bridgehead atoms. The van der Waals surface area contributed by atoms with Gasteiger partial charge in [0.15, 0.2) is 5.82 Å². The van der Waals surface area contributed by atoms with Crippen molar-refractivity contribution in [3.63, 3.8) is 0 Å². The van der Waals surface area contributed by atoms with Crippen molar-refractivity contribution < 1.29 is 14.4 Å². The van der Waals surface area contributed by atoms with Gasteiger partial charge in [-0.2, -0.15) is 4.98 Å². The topological polar surface area (TPSA) is 100 Å². The van der Waals surface area contributed by atoms with Crippen LogP contribution < -0.4 is 10.6 Å². The molecule has 2 aromatic rings. The number of aliphatic hydroxyl groups excluding tert-OH is 1. The zero-order valence-electron chi connectivity index (χ0n) is 15.0. The first-order valence-electron chi connectivity index (χ1n) is 8.45. The SMILES string of the molecule is CC(NC(=O)NCCCC(C)(C)CO)c1noc(-c2ccccc2)n1. The molecule has 0 saturated carbocycles. The van der Waals surface area contributed by atoms with E-state index in [0.717, 1.165) is 18.4 Å². The number of benzene rings is 1. The van der Waals surface area contributed by atoms with Gasteiger partial charge in [0.2, 0.25) is 0 Å². The second-order valence-electron chi connectivity index (χ2n) is 6.87. The van der Waals surface area contributed by atoms with E-state index in [0.29, 0.717) is 18.3 Å². The molecule has 0 aliphatic carbocycles. The second-order valence-corrected chi connectivity index (χ2v) is 6.87. The van der Waals surface area contributed by atoms with E-state index in [1.807, 2.05) is 44.2 Å². The lowest BCUT2D eigenvalue weighted by Gasteiger charge is -2.21. The molecule has 0 radical (unpaired) electrons. The third-order valence-corrected chi connectivity index (χ3v) is 3.94. The van der Waals surface area contributed by atoms with E-state index >= 15 is 0 Å². The van der Waals surface area contributed by atoms with E-state index in [9.17, 15) is 9.90 Å². The monoisotopic (exact) mass is 346 g/mol. The van der Waals surface area contributed by atoms with Crippen LogP contribution in [0.4, 0.5) is 4.79 Å². The Kier molecular flexibility index (Phi) is 6.52. The maximum absolute atomic E-state index is 11.9. The third-order valence-electron chi connectivity index (χ3n) is 3.94. The number of nitrogens with zero attached hydrogens (tertiary/aromatic N) is 2. The molecule has 136 valence electrons. The van der Waals surface area contributed by atoms with E-state index in [-0.39, 0.29) is 24.1 Å². The molecule has 2 rings (SSSR count). The Labute approximate surface area is 147 Å². The van der Waals surface area contributed by atoms with Gasteiger partial charge in [0.1, 0.15) is 0 Å². The Morgan fingerprint density at radius 3 is 2.72 bits per heavy atom. The number of carbonyl (C=O) groups excluding carboxylic acids is 1. The van der Waals surface area contributed by atoms with E-state index in [1.54, 1.807) is 6.92 Å². The maximum atomic E-state index is 11.9. The fraction of sp³-hybridized carbons (Fsp3) is 0.500. The summed E-state index contributed by atoms with van der Waals surface area (Å²) in [6.45, 7) is 6.47. The summed E-state index contributed by atoms with van der Waals surface area (Å²) in [5.74, 6) is 0.853. The van der Waals surface area contributed by atoms with Gasteiger partial charge >= 0.3 is 6.03 Å². The Bertz CT molecular complexity index is 670. The van der Waals surface area contributed by atoms with Gasteiger partial charge in [-0.1, -0.05) is 37.2 Å². The van der Waals surface area contributed by atoms with E-state index in [2.05, 4.69) is 20.8 Å². The lowest BCUT2D eigenvalue weighted by molar-refractivity contribution is 0.148. The number of aliphatic hydroxyl groups is 1. The van der Waals surface area contributed by atoms with E-state index in [4.69, 9.17) is 4.52 Å². The Morgan fingerprint density at radius 2 is 2.04 bits per heavy atom. The fourth-order valence-electron chi connectivity index (χ4n) is 2.27. The molecule has 2 amide bonds. The molecule has 7 heteroatoms. The first-order valence-corrected chi connectivity index (χ1v) is 8.45. The molecule has 25 heavy (non-hydrogen) atoms. The van der Waals surface area contributed by atoms with Crippen molar-refractivity contribution in [3.05, 3.63) is 36.2 Å². The van der Waals surface area contributed by atoms with Crippen LogP contribution in [0.5, 0.6) is 0 Å². The minimum Gasteiger partial charge on any atom is -0.396 e. The maximum Gasteiger partial charge on any atom is 0.315 e. The van der Waals surface area contributed by atoms with Crippen molar-refractivity contribution in [2.24, 2.45) is 5.41 Å². The zero-order valence-corrected chi connectivity index (χ0v) is 15.0. The van der Waals surface area contributed by atoms with Gasteiger partial charge < -0.3 is 20.3 Å². The number of hydrogen-bond donors (Lipinski definition) is 3. The quantitative estimate of drug-likeness (QED) is 0.638. The van der Waals surface area contributed by atoms with Crippen molar-refractivity contribution in [2.45, 2.75) is 39.7 Å². The zero-order chi connectivity index (χ0) is 18.3. The van der Waals surface area contributed by atoms with Crippen LogP contribution in [0, 0.1) is 5.41 Å². The Balaban J connectivity index is 1.79. The molecule has 3 N–H and O–H groups in total. The highest BCUT2D eigenvalue weighted by atomic mass is 16.5. The van der Waals surface area contributed by atoms with Crippen LogP contribution >= 0.6 is 0 Å².